The second-order valence-electron chi connectivity index (χ2n) is 2.41. The second-order valence-corrected chi connectivity index (χ2v) is 2.93. The first-order valence-corrected chi connectivity index (χ1v) is 4.28. The van der Waals surface area contributed by atoms with Crippen molar-refractivity contribution in [2.75, 3.05) is 0 Å². The molecule has 0 unspecified atom stereocenters. The van der Waals surface area contributed by atoms with E-state index < -0.39 is 0 Å². The van der Waals surface area contributed by atoms with Crippen LogP contribution in [0.5, 0.6) is 0 Å². The van der Waals surface area contributed by atoms with Gasteiger partial charge in [-0.2, -0.15) is 0 Å². The van der Waals surface area contributed by atoms with E-state index in [9.17, 15) is 0 Å². The Hall–Kier alpha value is -1.29. The van der Waals surface area contributed by atoms with E-state index in [1.165, 1.54) is 0 Å². The van der Waals surface area contributed by atoms with Gasteiger partial charge in [0.2, 0.25) is 0 Å². The van der Waals surface area contributed by atoms with Crippen LogP contribution in [0, 0.1) is 0 Å². The van der Waals surface area contributed by atoms with E-state index in [4.69, 9.17) is 0 Å². The van der Waals surface area contributed by atoms with Crippen molar-refractivity contribution < 1.29 is 0 Å². The van der Waals surface area contributed by atoms with Crippen molar-refractivity contribution in [3.63, 3.8) is 0 Å². The van der Waals surface area contributed by atoms with Crippen molar-refractivity contribution in [1.82, 2.24) is 15.0 Å². The third kappa shape index (κ3) is 4.32. The first-order valence-electron chi connectivity index (χ1n) is 3.83. The maximum atomic E-state index is 4.08. The van der Waals surface area contributed by atoms with Crippen molar-refractivity contribution >= 4 is 12.6 Å². The van der Waals surface area contributed by atoms with Gasteiger partial charge in [-0.25, -0.2) is 0 Å². The molecule has 3 nitrogen and oxygen atoms in total. The summed E-state index contributed by atoms with van der Waals surface area (Å²) in [5.74, 6) is 0. The molecule has 0 fully saturated rings. The maximum absolute atomic E-state index is 4.08. The maximum Gasteiger partial charge on any atom is 0.0692 e. The summed E-state index contributed by atoms with van der Waals surface area (Å²) >= 11 is 4.08. The number of hydrogen-bond donors (Lipinski definition) is 1. The van der Waals surface area contributed by atoms with E-state index in [1.807, 2.05) is 37.4 Å². The van der Waals surface area contributed by atoms with E-state index in [0.717, 1.165) is 4.90 Å². The van der Waals surface area contributed by atoms with Gasteiger partial charge in [0.15, 0.2) is 0 Å². The molecule has 13 heavy (non-hydrogen) atoms. The minimum atomic E-state index is 1.02. The number of rotatable bonds is 0. The topological polar surface area (TPSA) is 30.7 Å². The minimum Gasteiger partial charge on any atom is -0.256 e. The Morgan fingerprint density at radius 1 is 1.23 bits per heavy atom. The molecule has 0 N–H and O–H groups in total. The zero-order valence-electron chi connectivity index (χ0n) is 7.33. The minimum absolute atomic E-state index is 1.02. The van der Waals surface area contributed by atoms with Crippen LogP contribution in [0.4, 0.5) is 0 Å². The Balaban J connectivity index is 0.000000132. The summed E-state index contributed by atoms with van der Waals surface area (Å²) in [5.41, 5.74) is 0. The summed E-state index contributed by atoms with van der Waals surface area (Å²) in [4.78, 5) is 1.02. The number of aromatic nitrogens is 3. The first-order chi connectivity index (χ1) is 6.29. The molecule has 0 radical (unpaired) electrons. The summed E-state index contributed by atoms with van der Waals surface area (Å²) < 4.78 is 1.64. The second kappa shape index (κ2) is 5.37. The summed E-state index contributed by atoms with van der Waals surface area (Å²) in [5, 5.41) is 7.12. The monoisotopic (exact) mass is 193 g/mol. The highest BCUT2D eigenvalue weighted by atomic mass is 32.1. The average molecular weight is 193 g/mol. The highest BCUT2D eigenvalue weighted by Gasteiger charge is 1.73. The van der Waals surface area contributed by atoms with E-state index in [1.54, 1.807) is 17.1 Å². The van der Waals surface area contributed by atoms with Gasteiger partial charge in [0, 0.05) is 18.1 Å². The highest BCUT2D eigenvalue weighted by Crippen LogP contribution is 2.00. The summed E-state index contributed by atoms with van der Waals surface area (Å²) in [6.45, 7) is 0. The molecular weight excluding hydrogens is 182 g/mol. The molecule has 68 valence electrons. The summed E-state index contributed by atoms with van der Waals surface area (Å²) in [6.07, 6.45) is 3.42. The molecule has 0 saturated heterocycles. The van der Waals surface area contributed by atoms with Crippen molar-refractivity contribution in [1.29, 1.82) is 0 Å². The molecule has 0 aliphatic rings. The van der Waals surface area contributed by atoms with Gasteiger partial charge >= 0.3 is 0 Å². The van der Waals surface area contributed by atoms with Crippen LogP contribution in [0.15, 0.2) is 47.6 Å². The molecule has 0 amide bonds. The zero-order chi connectivity index (χ0) is 9.52. The Morgan fingerprint density at radius 2 is 1.92 bits per heavy atom. The summed E-state index contributed by atoms with van der Waals surface area (Å²) in [6, 6.07) is 9.79. The molecular formula is C9H11N3S. The Labute approximate surface area is 82.8 Å². The van der Waals surface area contributed by atoms with Crippen LogP contribution in [0.25, 0.3) is 0 Å². The van der Waals surface area contributed by atoms with E-state index in [-0.39, 0.29) is 0 Å². The van der Waals surface area contributed by atoms with Crippen LogP contribution in [0.2, 0.25) is 0 Å². The zero-order valence-corrected chi connectivity index (χ0v) is 8.22. The highest BCUT2D eigenvalue weighted by molar-refractivity contribution is 7.80. The number of hydrogen-bond acceptors (Lipinski definition) is 3. The smallest absolute Gasteiger partial charge is 0.0692 e. The largest absolute Gasteiger partial charge is 0.256 e. The number of nitrogens with zero attached hydrogens (tertiary/aromatic N) is 3. The quantitative estimate of drug-likeness (QED) is 0.647. The standard InChI is InChI=1S/C6H6S.C3H5N3/c7-6-4-2-1-3-5-6;1-6-3-2-4-5-6/h1-5,7H;2-3H,1H3. The lowest BCUT2D eigenvalue weighted by molar-refractivity contribution is 0.715. The molecule has 0 aliphatic carbocycles. The predicted molar refractivity (Wildman–Crippen MR) is 54.7 cm³/mol. The lowest BCUT2D eigenvalue weighted by Crippen LogP contribution is -1.85. The fraction of sp³-hybridized carbons (Fsp3) is 0.111. The SMILES string of the molecule is Cn1ccnn1.Sc1ccccc1. The predicted octanol–water partition coefficient (Wildman–Crippen LogP) is 1.79. The lowest BCUT2D eigenvalue weighted by atomic mass is 10.4. The molecule has 1 aromatic heterocycles. The summed E-state index contributed by atoms with van der Waals surface area (Å²) in [7, 11) is 1.83. The lowest BCUT2D eigenvalue weighted by Gasteiger charge is -1.81. The van der Waals surface area contributed by atoms with Crippen molar-refractivity contribution in [2.45, 2.75) is 4.90 Å². The van der Waals surface area contributed by atoms with Gasteiger partial charge in [0.1, 0.15) is 0 Å². The van der Waals surface area contributed by atoms with Crippen LogP contribution in [-0.2, 0) is 7.05 Å². The van der Waals surface area contributed by atoms with Crippen LogP contribution in [0.1, 0.15) is 0 Å². The Kier molecular flexibility index (Phi) is 4.05. The molecule has 0 bridgehead atoms. The van der Waals surface area contributed by atoms with Gasteiger partial charge in [-0.05, 0) is 12.1 Å². The Morgan fingerprint density at radius 3 is 2.15 bits per heavy atom. The first kappa shape index (κ1) is 9.80. The van der Waals surface area contributed by atoms with Crippen LogP contribution >= 0.6 is 12.6 Å². The van der Waals surface area contributed by atoms with Crippen LogP contribution in [0.3, 0.4) is 0 Å². The van der Waals surface area contributed by atoms with Gasteiger partial charge < -0.3 is 0 Å². The molecule has 0 spiro atoms. The van der Waals surface area contributed by atoms with Crippen molar-refractivity contribution in [3.05, 3.63) is 42.7 Å². The van der Waals surface area contributed by atoms with E-state index >= 15 is 0 Å². The molecule has 0 saturated carbocycles. The molecule has 4 heteroatoms. The third-order valence-electron chi connectivity index (χ3n) is 1.30. The van der Waals surface area contributed by atoms with Crippen molar-refractivity contribution in [2.24, 2.45) is 7.05 Å². The molecule has 0 aliphatic heterocycles. The molecule has 1 heterocycles. The molecule has 2 aromatic rings. The number of thiol groups is 1. The van der Waals surface area contributed by atoms with E-state index in [0.29, 0.717) is 0 Å². The van der Waals surface area contributed by atoms with Gasteiger partial charge in [0.25, 0.3) is 0 Å². The molecule has 2 rings (SSSR count). The fourth-order valence-corrected chi connectivity index (χ4v) is 0.868. The van der Waals surface area contributed by atoms with Crippen molar-refractivity contribution in [3.8, 4) is 0 Å². The number of aryl methyl sites for hydroxylation is 1. The molecule has 1 aromatic carbocycles. The van der Waals surface area contributed by atoms with Crippen LogP contribution < -0.4 is 0 Å². The number of benzene rings is 1. The normalized spacial score (nSPS) is 8.77. The fourth-order valence-electron chi connectivity index (χ4n) is 0.695. The molecule has 0 atom stereocenters. The van der Waals surface area contributed by atoms with E-state index in [2.05, 4.69) is 22.9 Å². The third-order valence-corrected chi connectivity index (χ3v) is 1.60. The average Bonchev–Trinajstić information content (AvgIpc) is 2.58. The van der Waals surface area contributed by atoms with Crippen LogP contribution in [-0.4, -0.2) is 15.0 Å². The van der Waals surface area contributed by atoms with Gasteiger partial charge in [-0.1, -0.05) is 23.4 Å². The Bertz CT molecular complexity index is 318. The van der Waals surface area contributed by atoms with Gasteiger partial charge in [-0.15, -0.1) is 17.7 Å². The van der Waals surface area contributed by atoms with Gasteiger partial charge in [0.05, 0.1) is 6.20 Å². The van der Waals surface area contributed by atoms with Gasteiger partial charge in [-0.3, -0.25) is 4.68 Å².